The highest BCUT2D eigenvalue weighted by atomic mass is 16.6. The maximum absolute atomic E-state index is 11.6. The third-order valence-corrected chi connectivity index (χ3v) is 4.76. The lowest BCUT2D eigenvalue weighted by atomic mass is 9.78. The second kappa shape index (κ2) is 5.57. The Morgan fingerprint density at radius 2 is 2.05 bits per heavy atom. The first kappa shape index (κ1) is 13.6. The van der Waals surface area contributed by atoms with Crippen molar-refractivity contribution in [3.63, 3.8) is 0 Å². The van der Waals surface area contributed by atoms with Gasteiger partial charge in [-0.05, 0) is 24.9 Å². The van der Waals surface area contributed by atoms with E-state index in [1.807, 2.05) is 18.2 Å². The van der Waals surface area contributed by atoms with E-state index in [1.165, 1.54) is 32.7 Å². The van der Waals surface area contributed by atoms with Gasteiger partial charge in [0, 0.05) is 32.4 Å². The van der Waals surface area contributed by atoms with E-state index in [4.69, 9.17) is 4.74 Å². The first-order chi connectivity index (χ1) is 9.70. The van der Waals surface area contributed by atoms with Crippen molar-refractivity contribution < 1.29 is 9.53 Å². The molecule has 3 heteroatoms. The van der Waals surface area contributed by atoms with Crippen LogP contribution in [-0.2, 0) is 15.1 Å². The quantitative estimate of drug-likeness (QED) is 0.776. The Balaban J connectivity index is 1.89. The number of carbonyl (C=O) groups excluding carboxylic acids is 1. The molecule has 1 aromatic rings. The summed E-state index contributed by atoms with van der Waals surface area (Å²) in [7, 11) is 0. The molecule has 2 aliphatic heterocycles. The van der Waals surface area contributed by atoms with Crippen molar-refractivity contribution >= 4 is 5.97 Å². The van der Waals surface area contributed by atoms with Crippen LogP contribution < -0.4 is 0 Å². The van der Waals surface area contributed by atoms with Gasteiger partial charge in [0.2, 0.25) is 0 Å². The minimum atomic E-state index is -0.411. The summed E-state index contributed by atoms with van der Waals surface area (Å²) in [6.07, 6.45) is 5.69. The van der Waals surface area contributed by atoms with Gasteiger partial charge in [0.15, 0.2) is 0 Å². The summed E-state index contributed by atoms with van der Waals surface area (Å²) in [5, 5.41) is 0. The zero-order valence-electron chi connectivity index (χ0n) is 12.2. The standard InChI is InChI=1S/C17H23NO2/c1-14(19)20-17(15-7-3-2-4-8-15)10-12-18-11-6-5-9-16(18)13-17/h2-4,7-8,16H,5-6,9-13H2,1H3. The van der Waals surface area contributed by atoms with Crippen LogP contribution in [0.4, 0.5) is 0 Å². The van der Waals surface area contributed by atoms with Gasteiger partial charge in [0.25, 0.3) is 0 Å². The molecule has 0 radical (unpaired) electrons. The summed E-state index contributed by atoms with van der Waals surface area (Å²) in [5.41, 5.74) is 0.742. The van der Waals surface area contributed by atoms with E-state index in [0.29, 0.717) is 6.04 Å². The monoisotopic (exact) mass is 273 g/mol. The summed E-state index contributed by atoms with van der Waals surface area (Å²) >= 11 is 0. The number of rotatable bonds is 2. The van der Waals surface area contributed by atoms with Crippen LogP contribution >= 0.6 is 0 Å². The molecule has 2 unspecified atom stereocenters. The number of benzene rings is 1. The van der Waals surface area contributed by atoms with Crippen LogP contribution in [0.15, 0.2) is 30.3 Å². The van der Waals surface area contributed by atoms with Crippen LogP contribution in [0.25, 0.3) is 0 Å². The highest BCUT2D eigenvalue weighted by Gasteiger charge is 2.44. The van der Waals surface area contributed by atoms with E-state index >= 15 is 0 Å². The van der Waals surface area contributed by atoms with Crippen molar-refractivity contribution in [1.82, 2.24) is 4.90 Å². The Morgan fingerprint density at radius 3 is 2.80 bits per heavy atom. The number of fused-ring (bicyclic) bond motifs is 1. The predicted molar refractivity (Wildman–Crippen MR) is 78.3 cm³/mol. The fraction of sp³-hybridized carbons (Fsp3) is 0.588. The van der Waals surface area contributed by atoms with Crippen molar-refractivity contribution in [2.24, 2.45) is 0 Å². The van der Waals surface area contributed by atoms with E-state index in [-0.39, 0.29) is 5.97 Å². The van der Waals surface area contributed by atoms with Gasteiger partial charge in [-0.1, -0.05) is 36.8 Å². The number of ether oxygens (including phenoxy) is 1. The van der Waals surface area contributed by atoms with Gasteiger partial charge in [-0.2, -0.15) is 0 Å². The zero-order chi connectivity index (χ0) is 14.0. The molecule has 3 rings (SSSR count). The zero-order valence-corrected chi connectivity index (χ0v) is 12.2. The molecule has 0 bridgehead atoms. The molecular weight excluding hydrogens is 250 g/mol. The lowest BCUT2D eigenvalue weighted by Crippen LogP contribution is -2.52. The number of piperidine rings is 2. The van der Waals surface area contributed by atoms with Crippen LogP contribution in [0.2, 0.25) is 0 Å². The second-order valence-corrected chi connectivity index (χ2v) is 6.09. The first-order valence-electron chi connectivity index (χ1n) is 7.69. The number of hydrogen-bond acceptors (Lipinski definition) is 3. The van der Waals surface area contributed by atoms with Gasteiger partial charge in [-0.25, -0.2) is 0 Å². The molecule has 1 aromatic carbocycles. The Kier molecular flexibility index (Phi) is 3.79. The molecule has 0 spiro atoms. The number of esters is 1. The molecule has 0 aliphatic carbocycles. The minimum Gasteiger partial charge on any atom is -0.454 e. The van der Waals surface area contributed by atoms with Crippen molar-refractivity contribution in [3.05, 3.63) is 35.9 Å². The molecule has 2 atom stereocenters. The second-order valence-electron chi connectivity index (χ2n) is 6.09. The van der Waals surface area contributed by atoms with E-state index in [2.05, 4.69) is 17.0 Å². The topological polar surface area (TPSA) is 29.5 Å². The minimum absolute atomic E-state index is 0.168. The largest absolute Gasteiger partial charge is 0.454 e. The number of nitrogens with zero attached hydrogens (tertiary/aromatic N) is 1. The van der Waals surface area contributed by atoms with Gasteiger partial charge < -0.3 is 9.64 Å². The Morgan fingerprint density at radius 1 is 1.25 bits per heavy atom. The van der Waals surface area contributed by atoms with Crippen molar-refractivity contribution in [1.29, 1.82) is 0 Å². The predicted octanol–water partition coefficient (Wildman–Crippen LogP) is 3.09. The van der Waals surface area contributed by atoms with Crippen LogP contribution in [0.5, 0.6) is 0 Å². The molecule has 3 nitrogen and oxygen atoms in total. The molecule has 2 heterocycles. The van der Waals surface area contributed by atoms with Crippen LogP contribution in [0.3, 0.4) is 0 Å². The normalized spacial score (nSPS) is 30.6. The van der Waals surface area contributed by atoms with Gasteiger partial charge >= 0.3 is 5.97 Å². The summed E-state index contributed by atoms with van der Waals surface area (Å²) in [6, 6.07) is 10.8. The number of hydrogen-bond donors (Lipinski definition) is 0. The van der Waals surface area contributed by atoms with Crippen LogP contribution in [-0.4, -0.2) is 30.0 Å². The maximum Gasteiger partial charge on any atom is 0.303 e. The number of carbonyl (C=O) groups is 1. The summed E-state index contributed by atoms with van der Waals surface area (Å²) in [5.74, 6) is -0.168. The smallest absolute Gasteiger partial charge is 0.303 e. The maximum atomic E-state index is 11.6. The SMILES string of the molecule is CC(=O)OC1(c2ccccc2)CCN2CCCCC2C1. The molecule has 0 saturated carbocycles. The summed E-state index contributed by atoms with van der Waals surface area (Å²) in [6.45, 7) is 3.76. The Labute approximate surface area is 120 Å². The molecule has 2 aliphatic rings. The molecular formula is C17H23NO2. The summed E-state index contributed by atoms with van der Waals surface area (Å²) in [4.78, 5) is 14.2. The fourth-order valence-corrected chi connectivity index (χ4v) is 3.82. The fourth-order valence-electron chi connectivity index (χ4n) is 3.82. The van der Waals surface area contributed by atoms with Crippen LogP contribution in [0.1, 0.15) is 44.6 Å². The van der Waals surface area contributed by atoms with Gasteiger partial charge in [-0.15, -0.1) is 0 Å². The van der Waals surface area contributed by atoms with E-state index < -0.39 is 5.60 Å². The highest BCUT2D eigenvalue weighted by molar-refractivity contribution is 5.67. The lowest BCUT2D eigenvalue weighted by molar-refractivity contribution is -0.168. The highest BCUT2D eigenvalue weighted by Crippen LogP contribution is 2.41. The van der Waals surface area contributed by atoms with E-state index in [1.54, 1.807) is 0 Å². The van der Waals surface area contributed by atoms with Gasteiger partial charge in [-0.3, -0.25) is 4.79 Å². The third-order valence-electron chi connectivity index (χ3n) is 4.76. The molecule has 108 valence electrons. The first-order valence-corrected chi connectivity index (χ1v) is 7.69. The van der Waals surface area contributed by atoms with Gasteiger partial charge in [0.1, 0.15) is 5.60 Å². The molecule has 2 saturated heterocycles. The molecule has 20 heavy (non-hydrogen) atoms. The van der Waals surface area contributed by atoms with E-state index in [0.717, 1.165) is 24.9 Å². The average molecular weight is 273 g/mol. The molecule has 2 fully saturated rings. The van der Waals surface area contributed by atoms with Crippen LogP contribution in [0, 0.1) is 0 Å². The molecule has 0 N–H and O–H groups in total. The van der Waals surface area contributed by atoms with Gasteiger partial charge in [0.05, 0.1) is 0 Å². The lowest BCUT2D eigenvalue weighted by Gasteiger charge is -2.48. The van der Waals surface area contributed by atoms with Crippen molar-refractivity contribution in [2.45, 2.75) is 50.7 Å². The van der Waals surface area contributed by atoms with Crippen molar-refractivity contribution in [2.75, 3.05) is 13.1 Å². The Bertz CT molecular complexity index is 473. The summed E-state index contributed by atoms with van der Waals surface area (Å²) < 4.78 is 5.85. The molecule has 0 aromatic heterocycles. The van der Waals surface area contributed by atoms with Crippen molar-refractivity contribution in [3.8, 4) is 0 Å². The third kappa shape index (κ3) is 2.59. The van der Waals surface area contributed by atoms with E-state index in [9.17, 15) is 4.79 Å². The Hall–Kier alpha value is -1.35. The molecule has 0 amide bonds. The average Bonchev–Trinajstić information content (AvgIpc) is 2.47.